The van der Waals surface area contributed by atoms with Crippen LogP contribution in [0.5, 0.6) is 0 Å². The Balaban J connectivity index is 2.09. The van der Waals surface area contributed by atoms with Crippen LogP contribution >= 0.6 is 39.5 Å². The zero-order valence-electron chi connectivity index (χ0n) is 10.9. The smallest absolute Gasteiger partial charge is 0.137 e. The zero-order valence-corrected chi connectivity index (χ0v) is 14.1. The van der Waals surface area contributed by atoms with Gasteiger partial charge in [0.1, 0.15) is 10.8 Å². The van der Waals surface area contributed by atoms with Crippen molar-refractivity contribution in [1.82, 2.24) is 4.90 Å². The maximum absolute atomic E-state index is 14.2. The average Bonchev–Trinajstić information content (AvgIpc) is 2.77. The Morgan fingerprint density at radius 1 is 1.45 bits per heavy atom. The van der Waals surface area contributed by atoms with Crippen LogP contribution in [-0.4, -0.2) is 16.9 Å². The number of nitrogens with two attached hydrogens (primary N) is 1. The molecule has 0 amide bonds. The molecule has 0 atom stereocenters. The average molecular weight is 373 g/mol. The van der Waals surface area contributed by atoms with Crippen LogP contribution in [0.2, 0.25) is 0 Å². The lowest BCUT2D eigenvalue weighted by molar-refractivity contribution is 0.314. The molecule has 1 heterocycles. The summed E-state index contributed by atoms with van der Waals surface area (Å²) in [7, 11) is 1.96. The van der Waals surface area contributed by atoms with Gasteiger partial charge in [-0.25, -0.2) is 4.39 Å². The SMILES string of the molecule is CN(Cc1csc(Br)c1)Cc1cccc(C(N)=S)c1F. The largest absolute Gasteiger partial charge is 0.389 e. The van der Waals surface area contributed by atoms with Crippen molar-refractivity contribution in [2.75, 3.05) is 7.05 Å². The monoisotopic (exact) mass is 372 g/mol. The first-order valence-corrected chi connectivity index (χ1v) is 8.04. The summed E-state index contributed by atoms with van der Waals surface area (Å²) in [4.78, 5) is 2.14. The van der Waals surface area contributed by atoms with Gasteiger partial charge in [-0.3, -0.25) is 4.90 Å². The second-order valence-electron chi connectivity index (χ2n) is 4.57. The lowest BCUT2D eigenvalue weighted by Crippen LogP contribution is -2.19. The fourth-order valence-electron chi connectivity index (χ4n) is 1.98. The number of thiocarbonyl (C=S) groups is 1. The van der Waals surface area contributed by atoms with Crippen molar-refractivity contribution in [3.05, 3.63) is 55.9 Å². The highest BCUT2D eigenvalue weighted by Gasteiger charge is 2.12. The molecule has 2 nitrogen and oxygen atoms in total. The van der Waals surface area contributed by atoms with Gasteiger partial charge in [0, 0.05) is 24.2 Å². The van der Waals surface area contributed by atoms with E-state index in [0.29, 0.717) is 17.7 Å². The Hall–Kier alpha value is -0.820. The summed E-state index contributed by atoms with van der Waals surface area (Å²) in [5.41, 5.74) is 7.63. The Bertz CT molecular complexity index is 627. The quantitative estimate of drug-likeness (QED) is 0.806. The van der Waals surface area contributed by atoms with Crippen molar-refractivity contribution in [2.24, 2.45) is 5.73 Å². The van der Waals surface area contributed by atoms with Crippen LogP contribution in [0.4, 0.5) is 4.39 Å². The van der Waals surface area contributed by atoms with Gasteiger partial charge < -0.3 is 5.73 Å². The first-order valence-electron chi connectivity index (χ1n) is 5.96. The standard InChI is InChI=1S/C14H14BrFN2S2/c1-18(6-9-5-12(15)20-8-9)7-10-3-2-4-11(13(10)16)14(17)19/h2-5,8H,6-7H2,1H3,(H2,17,19). The molecular weight excluding hydrogens is 359 g/mol. The maximum atomic E-state index is 14.2. The normalized spacial score (nSPS) is 11.0. The predicted molar refractivity (Wildman–Crippen MR) is 89.5 cm³/mol. The lowest BCUT2D eigenvalue weighted by atomic mass is 10.1. The van der Waals surface area contributed by atoms with Gasteiger partial charge in [0.25, 0.3) is 0 Å². The van der Waals surface area contributed by atoms with Gasteiger partial charge in [-0.2, -0.15) is 0 Å². The molecule has 2 rings (SSSR count). The minimum absolute atomic E-state index is 0.0915. The summed E-state index contributed by atoms with van der Waals surface area (Å²) in [6, 6.07) is 7.22. The Morgan fingerprint density at radius 3 is 2.80 bits per heavy atom. The molecule has 0 saturated heterocycles. The van der Waals surface area contributed by atoms with Gasteiger partial charge in [-0.05, 0) is 46.1 Å². The molecule has 0 radical (unpaired) electrons. The van der Waals surface area contributed by atoms with E-state index in [1.54, 1.807) is 29.5 Å². The number of hydrogen-bond donors (Lipinski definition) is 1. The van der Waals surface area contributed by atoms with Crippen LogP contribution in [0, 0.1) is 5.82 Å². The predicted octanol–water partition coefficient (Wildman–Crippen LogP) is 3.92. The Morgan fingerprint density at radius 2 is 2.20 bits per heavy atom. The second-order valence-corrected chi connectivity index (χ2v) is 7.30. The van der Waals surface area contributed by atoms with E-state index in [2.05, 4.69) is 32.3 Å². The third-order valence-corrected chi connectivity index (χ3v) is 4.63. The molecular formula is C14H14BrFN2S2. The third-order valence-electron chi connectivity index (χ3n) is 2.86. The van der Waals surface area contributed by atoms with E-state index in [-0.39, 0.29) is 10.8 Å². The molecule has 0 unspecified atom stereocenters. The van der Waals surface area contributed by atoms with E-state index in [4.69, 9.17) is 18.0 Å². The maximum Gasteiger partial charge on any atom is 0.137 e. The molecule has 0 aliphatic rings. The van der Waals surface area contributed by atoms with E-state index in [9.17, 15) is 4.39 Å². The first-order chi connectivity index (χ1) is 9.47. The molecule has 0 saturated carbocycles. The van der Waals surface area contributed by atoms with Crippen molar-refractivity contribution in [3.63, 3.8) is 0 Å². The molecule has 2 aromatic rings. The fraction of sp³-hybridized carbons (Fsp3) is 0.214. The van der Waals surface area contributed by atoms with Gasteiger partial charge in [-0.15, -0.1) is 11.3 Å². The molecule has 0 spiro atoms. The number of hydrogen-bond acceptors (Lipinski definition) is 3. The van der Waals surface area contributed by atoms with E-state index >= 15 is 0 Å². The third kappa shape index (κ3) is 3.85. The number of rotatable bonds is 5. The summed E-state index contributed by atoms with van der Waals surface area (Å²) >= 11 is 9.93. The minimum Gasteiger partial charge on any atom is -0.389 e. The molecule has 2 N–H and O–H groups in total. The van der Waals surface area contributed by atoms with Crippen LogP contribution in [0.15, 0.2) is 33.4 Å². The molecule has 1 aromatic carbocycles. The Labute approximate surface area is 135 Å². The van der Waals surface area contributed by atoms with E-state index in [1.807, 2.05) is 7.05 Å². The lowest BCUT2D eigenvalue weighted by Gasteiger charge is -2.17. The summed E-state index contributed by atoms with van der Waals surface area (Å²) in [5.74, 6) is -0.321. The van der Waals surface area contributed by atoms with Crippen LogP contribution in [0.1, 0.15) is 16.7 Å². The molecule has 106 valence electrons. The van der Waals surface area contributed by atoms with Gasteiger partial charge in [0.05, 0.1) is 3.79 Å². The van der Waals surface area contributed by atoms with Gasteiger partial charge in [0.15, 0.2) is 0 Å². The summed E-state index contributed by atoms with van der Waals surface area (Å²) in [6.07, 6.45) is 0. The van der Waals surface area contributed by atoms with Crippen LogP contribution in [-0.2, 0) is 13.1 Å². The minimum atomic E-state index is -0.321. The highest BCUT2D eigenvalue weighted by molar-refractivity contribution is 9.11. The molecule has 6 heteroatoms. The van der Waals surface area contributed by atoms with E-state index in [0.717, 1.165) is 10.3 Å². The molecule has 1 aromatic heterocycles. The highest BCUT2D eigenvalue weighted by atomic mass is 79.9. The zero-order chi connectivity index (χ0) is 14.7. The molecule has 0 bridgehead atoms. The number of thiophene rings is 1. The number of nitrogens with zero attached hydrogens (tertiary/aromatic N) is 1. The summed E-state index contributed by atoms with van der Waals surface area (Å²) < 4.78 is 15.3. The molecule has 0 fully saturated rings. The fourth-order valence-corrected chi connectivity index (χ4v) is 3.34. The van der Waals surface area contributed by atoms with Crippen molar-refractivity contribution >= 4 is 44.5 Å². The van der Waals surface area contributed by atoms with Gasteiger partial charge in [-0.1, -0.05) is 24.4 Å². The molecule has 20 heavy (non-hydrogen) atoms. The van der Waals surface area contributed by atoms with Crippen LogP contribution < -0.4 is 5.73 Å². The van der Waals surface area contributed by atoms with Crippen LogP contribution in [0.3, 0.4) is 0 Å². The van der Waals surface area contributed by atoms with E-state index < -0.39 is 0 Å². The second kappa shape index (κ2) is 6.76. The van der Waals surface area contributed by atoms with Gasteiger partial charge in [0.2, 0.25) is 0 Å². The number of halogens is 2. The first kappa shape index (κ1) is 15.6. The van der Waals surface area contributed by atoms with E-state index in [1.165, 1.54) is 5.56 Å². The van der Waals surface area contributed by atoms with Crippen molar-refractivity contribution in [2.45, 2.75) is 13.1 Å². The summed E-state index contributed by atoms with van der Waals surface area (Å²) in [5, 5.41) is 2.09. The highest BCUT2D eigenvalue weighted by Crippen LogP contribution is 2.22. The summed E-state index contributed by atoms with van der Waals surface area (Å²) in [6.45, 7) is 1.27. The van der Waals surface area contributed by atoms with Crippen molar-refractivity contribution < 1.29 is 4.39 Å². The number of benzene rings is 1. The van der Waals surface area contributed by atoms with Gasteiger partial charge >= 0.3 is 0 Å². The van der Waals surface area contributed by atoms with Crippen molar-refractivity contribution in [1.29, 1.82) is 0 Å². The topological polar surface area (TPSA) is 29.3 Å². The molecule has 0 aliphatic carbocycles. The van der Waals surface area contributed by atoms with Crippen molar-refractivity contribution in [3.8, 4) is 0 Å². The Kier molecular flexibility index (Phi) is 5.26. The van der Waals surface area contributed by atoms with Crippen LogP contribution in [0.25, 0.3) is 0 Å². The molecule has 0 aliphatic heterocycles.